The molecular weight excluding hydrogens is 174 g/mol. The summed E-state index contributed by atoms with van der Waals surface area (Å²) >= 11 is 0. The third-order valence-electron chi connectivity index (χ3n) is 1.64. The average Bonchev–Trinajstić information content (AvgIpc) is 2.18. The minimum Gasteiger partial charge on any atom is -0.369 e. The highest BCUT2D eigenvalue weighted by molar-refractivity contribution is 5.76. The van der Waals surface area contributed by atoms with Crippen molar-refractivity contribution in [3.63, 3.8) is 0 Å². The molecule has 0 bridgehead atoms. The van der Waals surface area contributed by atoms with E-state index in [1.54, 1.807) is 6.08 Å². The van der Waals surface area contributed by atoms with E-state index in [1.807, 2.05) is 24.3 Å². The Hall–Kier alpha value is -2.01. The topological polar surface area (TPSA) is 43.1 Å². The Morgan fingerprint density at radius 2 is 2.07 bits per heavy atom. The van der Waals surface area contributed by atoms with Gasteiger partial charge in [-0.15, -0.1) is 0 Å². The van der Waals surface area contributed by atoms with Crippen molar-refractivity contribution in [2.24, 2.45) is 5.73 Å². The van der Waals surface area contributed by atoms with E-state index in [9.17, 15) is 4.79 Å². The molecule has 0 aliphatic heterocycles. The van der Waals surface area contributed by atoms with Crippen molar-refractivity contribution in [2.75, 3.05) is 0 Å². The minimum atomic E-state index is -0.403. The third kappa shape index (κ3) is 3.16. The van der Waals surface area contributed by atoms with Gasteiger partial charge in [-0.1, -0.05) is 36.6 Å². The fraction of sp³-hybridized carbons (Fsp3) is 0.0833. The first-order valence-corrected chi connectivity index (χ1v) is 4.22. The summed E-state index contributed by atoms with van der Waals surface area (Å²) in [5, 5.41) is 0. The molecule has 0 spiro atoms. The van der Waals surface area contributed by atoms with Crippen molar-refractivity contribution in [1.82, 2.24) is 0 Å². The number of benzene rings is 1. The standard InChI is InChI=1S/C12H11NO/c1-2-10-6-8-11(9-7-10)4-3-5-12(13)14/h2,6-9H,1,5H2,(H2,13,14). The Kier molecular flexibility index (Phi) is 3.51. The number of carbonyl (C=O) groups is 1. The second-order valence-corrected chi connectivity index (χ2v) is 2.77. The summed E-state index contributed by atoms with van der Waals surface area (Å²) in [5.41, 5.74) is 6.87. The fourth-order valence-electron chi connectivity index (χ4n) is 0.936. The molecule has 2 heteroatoms. The zero-order valence-electron chi connectivity index (χ0n) is 7.79. The lowest BCUT2D eigenvalue weighted by atomic mass is 10.1. The second kappa shape index (κ2) is 4.88. The quantitative estimate of drug-likeness (QED) is 0.698. The van der Waals surface area contributed by atoms with Crippen molar-refractivity contribution in [2.45, 2.75) is 6.42 Å². The van der Waals surface area contributed by atoms with E-state index >= 15 is 0 Å². The molecule has 0 aliphatic carbocycles. The predicted octanol–water partition coefficient (Wildman–Crippen LogP) is 1.56. The zero-order valence-corrected chi connectivity index (χ0v) is 7.79. The van der Waals surface area contributed by atoms with Crippen LogP contribution in [-0.2, 0) is 4.79 Å². The molecule has 0 atom stereocenters. The van der Waals surface area contributed by atoms with E-state index in [4.69, 9.17) is 5.73 Å². The van der Waals surface area contributed by atoms with E-state index in [0.29, 0.717) is 0 Å². The number of nitrogens with two attached hydrogens (primary N) is 1. The van der Waals surface area contributed by atoms with Crippen molar-refractivity contribution in [3.05, 3.63) is 42.0 Å². The number of hydrogen-bond donors (Lipinski definition) is 1. The van der Waals surface area contributed by atoms with E-state index in [2.05, 4.69) is 18.4 Å². The first-order chi connectivity index (χ1) is 6.72. The van der Waals surface area contributed by atoms with Crippen LogP contribution in [0.5, 0.6) is 0 Å². The maximum Gasteiger partial charge on any atom is 0.229 e. The van der Waals surface area contributed by atoms with Crippen LogP contribution in [0.3, 0.4) is 0 Å². The average molecular weight is 185 g/mol. The first-order valence-electron chi connectivity index (χ1n) is 4.22. The van der Waals surface area contributed by atoms with Crippen LogP contribution in [0.25, 0.3) is 6.08 Å². The van der Waals surface area contributed by atoms with Gasteiger partial charge in [-0.3, -0.25) is 4.79 Å². The highest BCUT2D eigenvalue weighted by Gasteiger charge is 1.88. The Labute approximate surface area is 83.4 Å². The number of carbonyl (C=O) groups excluding carboxylic acids is 1. The predicted molar refractivity (Wildman–Crippen MR) is 57.2 cm³/mol. The molecule has 0 radical (unpaired) electrons. The molecule has 1 rings (SSSR count). The normalized spacial score (nSPS) is 8.57. The lowest BCUT2D eigenvalue weighted by Crippen LogP contribution is -2.08. The van der Waals surface area contributed by atoms with Crippen LogP contribution in [0.15, 0.2) is 30.8 Å². The number of hydrogen-bond acceptors (Lipinski definition) is 1. The Morgan fingerprint density at radius 1 is 1.43 bits per heavy atom. The number of primary amides is 1. The van der Waals surface area contributed by atoms with Gasteiger partial charge >= 0.3 is 0 Å². The van der Waals surface area contributed by atoms with E-state index in [1.165, 1.54) is 0 Å². The van der Waals surface area contributed by atoms with Gasteiger partial charge in [0.2, 0.25) is 5.91 Å². The number of amides is 1. The van der Waals surface area contributed by atoms with Crippen LogP contribution in [0, 0.1) is 11.8 Å². The van der Waals surface area contributed by atoms with Crippen molar-refractivity contribution in [1.29, 1.82) is 0 Å². The molecule has 0 fully saturated rings. The highest BCUT2D eigenvalue weighted by Crippen LogP contribution is 2.03. The molecule has 0 aromatic heterocycles. The molecule has 1 aromatic carbocycles. The lowest BCUT2D eigenvalue weighted by Gasteiger charge is -1.92. The van der Waals surface area contributed by atoms with Gasteiger partial charge in [0.15, 0.2) is 0 Å². The van der Waals surface area contributed by atoms with E-state index < -0.39 is 5.91 Å². The van der Waals surface area contributed by atoms with Crippen molar-refractivity contribution < 1.29 is 4.79 Å². The molecule has 0 saturated carbocycles. The van der Waals surface area contributed by atoms with Crippen LogP contribution >= 0.6 is 0 Å². The Bertz CT molecular complexity index is 393. The molecule has 2 N–H and O–H groups in total. The summed E-state index contributed by atoms with van der Waals surface area (Å²) in [7, 11) is 0. The molecular formula is C12H11NO. The van der Waals surface area contributed by atoms with Crippen LogP contribution in [0.1, 0.15) is 17.5 Å². The number of rotatable bonds is 2. The molecule has 1 aromatic rings. The van der Waals surface area contributed by atoms with Gasteiger partial charge in [0.1, 0.15) is 0 Å². The largest absolute Gasteiger partial charge is 0.369 e. The molecule has 14 heavy (non-hydrogen) atoms. The van der Waals surface area contributed by atoms with Gasteiger partial charge in [-0.05, 0) is 17.7 Å². The van der Waals surface area contributed by atoms with Gasteiger partial charge in [0.25, 0.3) is 0 Å². The van der Waals surface area contributed by atoms with Crippen LogP contribution in [-0.4, -0.2) is 5.91 Å². The Balaban J connectivity index is 2.71. The lowest BCUT2D eigenvalue weighted by molar-refractivity contribution is -0.117. The summed E-state index contributed by atoms with van der Waals surface area (Å²) in [6.07, 6.45) is 1.86. The first kappa shape index (κ1) is 10.1. The summed E-state index contributed by atoms with van der Waals surface area (Å²) in [6, 6.07) is 7.60. The summed E-state index contributed by atoms with van der Waals surface area (Å²) in [5.74, 6) is 5.13. The SMILES string of the molecule is C=Cc1ccc(C#CCC(N)=O)cc1. The molecule has 70 valence electrons. The molecule has 0 saturated heterocycles. The smallest absolute Gasteiger partial charge is 0.229 e. The maximum atomic E-state index is 10.4. The molecule has 0 unspecified atom stereocenters. The summed E-state index contributed by atoms with van der Waals surface area (Å²) in [6.45, 7) is 3.65. The van der Waals surface area contributed by atoms with Gasteiger partial charge in [-0.2, -0.15) is 0 Å². The van der Waals surface area contributed by atoms with E-state index in [-0.39, 0.29) is 6.42 Å². The van der Waals surface area contributed by atoms with Crippen LogP contribution in [0.4, 0.5) is 0 Å². The van der Waals surface area contributed by atoms with Gasteiger partial charge in [-0.25, -0.2) is 0 Å². The third-order valence-corrected chi connectivity index (χ3v) is 1.64. The monoisotopic (exact) mass is 185 g/mol. The van der Waals surface area contributed by atoms with Crippen LogP contribution < -0.4 is 5.73 Å². The molecule has 2 nitrogen and oxygen atoms in total. The van der Waals surface area contributed by atoms with Crippen molar-refractivity contribution in [3.8, 4) is 11.8 Å². The highest BCUT2D eigenvalue weighted by atomic mass is 16.1. The van der Waals surface area contributed by atoms with Gasteiger partial charge < -0.3 is 5.73 Å². The van der Waals surface area contributed by atoms with Crippen molar-refractivity contribution >= 4 is 12.0 Å². The van der Waals surface area contributed by atoms with Gasteiger partial charge in [0.05, 0.1) is 6.42 Å². The Morgan fingerprint density at radius 3 is 2.57 bits per heavy atom. The fourth-order valence-corrected chi connectivity index (χ4v) is 0.936. The van der Waals surface area contributed by atoms with E-state index in [0.717, 1.165) is 11.1 Å². The molecule has 1 amide bonds. The van der Waals surface area contributed by atoms with Gasteiger partial charge in [0, 0.05) is 5.56 Å². The zero-order chi connectivity index (χ0) is 10.4. The van der Waals surface area contributed by atoms with Crippen LogP contribution in [0.2, 0.25) is 0 Å². The molecule has 0 aliphatic rings. The minimum absolute atomic E-state index is 0.100. The second-order valence-electron chi connectivity index (χ2n) is 2.77. The molecule has 0 heterocycles. The summed E-state index contributed by atoms with van der Waals surface area (Å²) in [4.78, 5) is 10.4. The summed E-state index contributed by atoms with van der Waals surface area (Å²) < 4.78 is 0. The maximum absolute atomic E-state index is 10.4.